The van der Waals surface area contributed by atoms with Crippen molar-refractivity contribution in [2.24, 2.45) is 4.99 Å². The molecule has 0 radical (unpaired) electrons. The van der Waals surface area contributed by atoms with Gasteiger partial charge in [-0.1, -0.05) is 25.5 Å². The molecule has 26 heavy (non-hydrogen) atoms. The van der Waals surface area contributed by atoms with E-state index in [1.165, 1.54) is 0 Å². The first-order chi connectivity index (χ1) is 12.7. The van der Waals surface area contributed by atoms with Crippen molar-refractivity contribution in [2.45, 2.75) is 39.8 Å². The fourth-order valence-corrected chi connectivity index (χ4v) is 2.34. The van der Waals surface area contributed by atoms with Crippen LogP contribution in [0.4, 0.5) is 0 Å². The molecular weight excluding hydrogens is 328 g/mol. The summed E-state index contributed by atoms with van der Waals surface area (Å²) in [5.74, 6) is 1.56. The summed E-state index contributed by atoms with van der Waals surface area (Å²) in [6, 6.07) is 11.3. The van der Waals surface area contributed by atoms with Gasteiger partial charge in [0, 0.05) is 18.7 Å². The lowest BCUT2D eigenvalue weighted by Gasteiger charge is -2.10. The summed E-state index contributed by atoms with van der Waals surface area (Å²) in [5.41, 5.74) is 1.72. The van der Waals surface area contributed by atoms with Crippen molar-refractivity contribution in [3.8, 4) is 0 Å². The van der Waals surface area contributed by atoms with Gasteiger partial charge in [-0.3, -0.25) is 4.79 Å². The Hall–Kier alpha value is -2.76. The minimum absolute atomic E-state index is 0.0260. The lowest BCUT2D eigenvalue weighted by atomic mass is 10.1. The predicted molar refractivity (Wildman–Crippen MR) is 104 cm³/mol. The zero-order valence-electron chi connectivity index (χ0n) is 15.5. The fourth-order valence-electron chi connectivity index (χ4n) is 2.34. The summed E-state index contributed by atoms with van der Waals surface area (Å²) in [5, 5.41) is 9.36. The van der Waals surface area contributed by atoms with Crippen LogP contribution in [0, 0.1) is 0 Å². The van der Waals surface area contributed by atoms with Gasteiger partial charge in [-0.15, -0.1) is 0 Å². The Balaban J connectivity index is 1.88. The molecule has 140 valence electrons. The van der Waals surface area contributed by atoms with Gasteiger partial charge in [-0.2, -0.15) is 0 Å². The van der Waals surface area contributed by atoms with Gasteiger partial charge in [0.2, 0.25) is 0 Å². The highest BCUT2D eigenvalue weighted by Crippen LogP contribution is 2.06. The van der Waals surface area contributed by atoms with Crippen molar-refractivity contribution in [3.63, 3.8) is 0 Å². The molecule has 0 aliphatic carbocycles. The molecule has 1 aromatic carbocycles. The maximum Gasteiger partial charge on any atom is 0.251 e. The molecule has 0 bridgehead atoms. The number of rotatable bonds is 9. The van der Waals surface area contributed by atoms with Crippen LogP contribution in [-0.4, -0.2) is 25.0 Å². The smallest absolute Gasteiger partial charge is 0.251 e. The van der Waals surface area contributed by atoms with Crippen LogP contribution >= 0.6 is 0 Å². The number of nitrogens with zero attached hydrogens (tertiary/aromatic N) is 1. The molecular formula is C20H28N4O2. The standard InChI is InChI=1S/C20H28N4O2/c1-3-5-12-22-19(25)17-10-8-16(9-11-17)14-23-20(21-4-2)24-15-18-7-6-13-26-18/h6-11,13H,3-5,12,14-15H2,1-2H3,(H,22,25)(H2,21,23,24). The summed E-state index contributed by atoms with van der Waals surface area (Å²) in [6.45, 7) is 6.74. The largest absolute Gasteiger partial charge is 0.467 e. The van der Waals surface area contributed by atoms with Crippen LogP contribution in [-0.2, 0) is 13.1 Å². The molecule has 0 fully saturated rings. The van der Waals surface area contributed by atoms with Crippen molar-refractivity contribution >= 4 is 11.9 Å². The van der Waals surface area contributed by atoms with Gasteiger partial charge in [0.25, 0.3) is 5.91 Å². The van der Waals surface area contributed by atoms with E-state index in [0.29, 0.717) is 18.7 Å². The zero-order chi connectivity index (χ0) is 18.6. The maximum atomic E-state index is 12.0. The first kappa shape index (κ1) is 19.6. The maximum absolute atomic E-state index is 12.0. The summed E-state index contributed by atoms with van der Waals surface area (Å²) < 4.78 is 5.31. The second kappa shape index (κ2) is 11.0. The molecule has 0 spiro atoms. The molecule has 1 aromatic heterocycles. The van der Waals surface area contributed by atoms with Crippen LogP contribution in [0.3, 0.4) is 0 Å². The summed E-state index contributed by atoms with van der Waals surface area (Å²) >= 11 is 0. The van der Waals surface area contributed by atoms with E-state index in [-0.39, 0.29) is 5.91 Å². The van der Waals surface area contributed by atoms with E-state index in [4.69, 9.17) is 4.42 Å². The van der Waals surface area contributed by atoms with Crippen molar-refractivity contribution in [1.82, 2.24) is 16.0 Å². The lowest BCUT2D eigenvalue weighted by Crippen LogP contribution is -2.36. The highest BCUT2D eigenvalue weighted by atomic mass is 16.3. The Morgan fingerprint density at radius 2 is 1.88 bits per heavy atom. The second-order valence-electron chi connectivity index (χ2n) is 5.93. The van der Waals surface area contributed by atoms with E-state index in [1.54, 1.807) is 6.26 Å². The molecule has 0 saturated carbocycles. The molecule has 0 saturated heterocycles. The molecule has 2 rings (SSSR count). The number of amides is 1. The number of benzene rings is 1. The summed E-state index contributed by atoms with van der Waals surface area (Å²) in [4.78, 5) is 16.6. The van der Waals surface area contributed by atoms with E-state index in [9.17, 15) is 4.79 Å². The molecule has 6 nitrogen and oxygen atoms in total. The minimum atomic E-state index is -0.0260. The predicted octanol–water partition coefficient (Wildman–Crippen LogP) is 3.06. The number of aliphatic imine (C=N–C) groups is 1. The lowest BCUT2D eigenvalue weighted by molar-refractivity contribution is 0.0953. The Morgan fingerprint density at radius 3 is 2.54 bits per heavy atom. The molecule has 1 amide bonds. The molecule has 0 aliphatic rings. The molecule has 2 aromatic rings. The molecule has 0 aliphatic heterocycles. The number of carbonyl (C=O) groups is 1. The topological polar surface area (TPSA) is 78.7 Å². The first-order valence-corrected chi connectivity index (χ1v) is 9.14. The van der Waals surface area contributed by atoms with E-state index in [1.807, 2.05) is 43.3 Å². The van der Waals surface area contributed by atoms with Gasteiger partial charge in [-0.25, -0.2) is 4.99 Å². The molecule has 6 heteroatoms. The molecule has 0 atom stereocenters. The Kier molecular flexibility index (Phi) is 8.26. The van der Waals surface area contributed by atoms with Crippen molar-refractivity contribution in [2.75, 3.05) is 13.1 Å². The number of nitrogens with one attached hydrogen (secondary N) is 3. The molecule has 0 unspecified atom stereocenters. The summed E-state index contributed by atoms with van der Waals surface area (Å²) in [6.07, 6.45) is 3.72. The van der Waals surface area contributed by atoms with Gasteiger partial charge >= 0.3 is 0 Å². The third kappa shape index (κ3) is 6.63. The van der Waals surface area contributed by atoms with Gasteiger partial charge in [0.15, 0.2) is 5.96 Å². The second-order valence-corrected chi connectivity index (χ2v) is 5.93. The van der Waals surface area contributed by atoms with Crippen molar-refractivity contribution in [1.29, 1.82) is 0 Å². The van der Waals surface area contributed by atoms with E-state index in [0.717, 1.165) is 43.2 Å². The zero-order valence-corrected chi connectivity index (χ0v) is 15.5. The van der Waals surface area contributed by atoms with Crippen molar-refractivity contribution in [3.05, 3.63) is 59.5 Å². The number of hydrogen-bond acceptors (Lipinski definition) is 3. The van der Waals surface area contributed by atoms with E-state index in [2.05, 4.69) is 27.9 Å². The minimum Gasteiger partial charge on any atom is -0.467 e. The van der Waals surface area contributed by atoms with Gasteiger partial charge < -0.3 is 20.4 Å². The third-order valence-electron chi connectivity index (χ3n) is 3.81. The first-order valence-electron chi connectivity index (χ1n) is 9.14. The van der Waals surface area contributed by atoms with Crippen LogP contribution in [0.1, 0.15) is 48.4 Å². The number of carbonyl (C=O) groups excluding carboxylic acids is 1. The Labute approximate surface area is 155 Å². The number of guanidine groups is 1. The SMILES string of the molecule is CCCCNC(=O)c1ccc(CN=C(NCC)NCc2ccco2)cc1. The average molecular weight is 356 g/mol. The monoisotopic (exact) mass is 356 g/mol. The molecule has 3 N–H and O–H groups in total. The number of unbranched alkanes of at least 4 members (excludes halogenated alkanes) is 1. The Bertz CT molecular complexity index is 678. The summed E-state index contributed by atoms with van der Waals surface area (Å²) in [7, 11) is 0. The van der Waals surface area contributed by atoms with Crippen LogP contribution in [0.2, 0.25) is 0 Å². The highest BCUT2D eigenvalue weighted by Gasteiger charge is 2.05. The van der Waals surface area contributed by atoms with Gasteiger partial charge in [0.05, 0.1) is 19.4 Å². The van der Waals surface area contributed by atoms with Crippen LogP contribution < -0.4 is 16.0 Å². The highest BCUT2D eigenvalue weighted by molar-refractivity contribution is 5.94. The average Bonchev–Trinajstić information content (AvgIpc) is 3.18. The van der Waals surface area contributed by atoms with Crippen molar-refractivity contribution < 1.29 is 9.21 Å². The molecule has 1 heterocycles. The van der Waals surface area contributed by atoms with Gasteiger partial charge in [0.1, 0.15) is 5.76 Å². The van der Waals surface area contributed by atoms with E-state index < -0.39 is 0 Å². The Morgan fingerprint density at radius 1 is 1.08 bits per heavy atom. The van der Waals surface area contributed by atoms with E-state index >= 15 is 0 Å². The fraction of sp³-hybridized carbons (Fsp3) is 0.400. The number of furan rings is 1. The normalized spacial score (nSPS) is 11.2. The third-order valence-corrected chi connectivity index (χ3v) is 3.81. The van der Waals surface area contributed by atoms with Crippen LogP contribution in [0.15, 0.2) is 52.1 Å². The van der Waals surface area contributed by atoms with Crippen LogP contribution in [0.25, 0.3) is 0 Å². The number of hydrogen-bond donors (Lipinski definition) is 3. The quantitative estimate of drug-likeness (QED) is 0.366. The van der Waals surface area contributed by atoms with Crippen LogP contribution in [0.5, 0.6) is 0 Å². The van der Waals surface area contributed by atoms with Gasteiger partial charge in [-0.05, 0) is 43.2 Å².